The van der Waals surface area contributed by atoms with Gasteiger partial charge in [0.1, 0.15) is 11.6 Å². The zero-order chi connectivity index (χ0) is 24.1. The number of carbonyl (C=O) groups is 3. The Morgan fingerprint density at radius 1 is 0.914 bits per heavy atom. The zero-order valence-electron chi connectivity index (χ0n) is 20.1. The molecule has 9 nitrogen and oxygen atoms in total. The highest BCUT2D eigenvalue weighted by Crippen LogP contribution is 2.16. The first kappa shape index (κ1) is 50.4. The van der Waals surface area contributed by atoms with Gasteiger partial charge in [0.25, 0.3) is 10.1 Å². The fourth-order valence-corrected chi connectivity index (χ4v) is 3.76. The van der Waals surface area contributed by atoms with Gasteiger partial charge in [-0.25, -0.2) is 0 Å². The number of halogens is 1. The quantitative estimate of drug-likeness (QED) is 0.339. The lowest BCUT2D eigenvalue weighted by atomic mass is 9.93. The van der Waals surface area contributed by atoms with E-state index in [0.717, 1.165) is 7.11 Å². The van der Waals surface area contributed by atoms with Crippen LogP contribution in [-0.4, -0.2) is 70.7 Å². The molecule has 1 amide bonds. The van der Waals surface area contributed by atoms with E-state index in [1.54, 1.807) is 34.8 Å². The molecule has 218 valence electrons. The number of hydrogen-bond acceptors (Lipinski definition) is 8. The van der Waals surface area contributed by atoms with Crippen LogP contribution in [0.3, 0.4) is 0 Å². The summed E-state index contributed by atoms with van der Waals surface area (Å²) in [5.41, 5.74) is -0.954. The molecule has 0 heterocycles. The normalized spacial score (nSPS) is 12.6. The van der Waals surface area contributed by atoms with E-state index in [9.17, 15) is 22.8 Å². The summed E-state index contributed by atoms with van der Waals surface area (Å²) in [6.45, 7) is 9.88. The highest BCUT2D eigenvalue weighted by Gasteiger charge is 2.29. The summed E-state index contributed by atoms with van der Waals surface area (Å²) in [4.78, 5) is 33.9. The standard InChI is InChI=1S/C14H27NO6S.C6H12O2.4CH4.FH/c1-10(16)12(11(2)20-5)7-8-13(17)15-14(3,4)9-22(18,19)21-6;1-5(7)4-6(2)8-3;;;;;/h11-12H,7-9H2,1-6H3,(H,15,17);6H,4H2,1-3H3;4*1H4;1H. The number of rotatable bonds is 13. The molecule has 0 saturated carbocycles. The maximum Gasteiger partial charge on any atom is 0.269 e. The van der Waals surface area contributed by atoms with Gasteiger partial charge in [-0.1, -0.05) is 29.7 Å². The van der Waals surface area contributed by atoms with E-state index >= 15 is 0 Å². The molecule has 11 heteroatoms. The minimum absolute atomic E-state index is 0. The van der Waals surface area contributed by atoms with Crippen LogP contribution in [0.25, 0.3) is 0 Å². The summed E-state index contributed by atoms with van der Waals surface area (Å²) in [5.74, 6) is -0.859. The molecule has 0 fully saturated rings. The summed E-state index contributed by atoms with van der Waals surface area (Å²) in [6, 6.07) is 0. The fraction of sp³-hybridized carbons (Fsp3) is 0.875. The van der Waals surface area contributed by atoms with Crippen molar-refractivity contribution >= 4 is 27.6 Å². The van der Waals surface area contributed by atoms with Gasteiger partial charge in [-0.05, 0) is 48.0 Å². The van der Waals surface area contributed by atoms with Crippen LogP contribution in [0.1, 0.15) is 90.5 Å². The van der Waals surface area contributed by atoms with Crippen LogP contribution in [0, 0.1) is 5.92 Å². The Morgan fingerprint density at radius 3 is 1.66 bits per heavy atom. The van der Waals surface area contributed by atoms with E-state index in [2.05, 4.69) is 9.50 Å². The molecular weight excluding hydrogens is 481 g/mol. The Morgan fingerprint density at radius 2 is 1.37 bits per heavy atom. The second-order valence-electron chi connectivity index (χ2n) is 7.95. The molecule has 0 aromatic carbocycles. The number of amides is 1. The molecule has 1 N–H and O–H groups in total. The van der Waals surface area contributed by atoms with Crippen LogP contribution in [0.15, 0.2) is 0 Å². The second kappa shape index (κ2) is 24.3. The lowest BCUT2D eigenvalue weighted by Gasteiger charge is -2.26. The van der Waals surface area contributed by atoms with Gasteiger partial charge in [0.05, 0.1) is 30.6 Å². The molecule has 3 atom stereocenters. The predicted molar refractivity (Wildman–Crippen MR) is 144 cm³/mol. The molecule has 0 saturated heterocycles. The van der Waals surface area contributed by atoms with Gasteiger partial charge >= 0.3 is 0 Å². The van der Waals surface area contributed by atoms with Gasteiger partial charge in [0, 0.05) is 33.0 Å². The van der Waals surface area contributed by atoms with Crippen LogP contribution in [0.5, 0.6) is 0 Å². The van der Waals surface area contributed by atoms with Gasteiger partial charge in [-0.3, -0.25) is 23.3 Å². The SMILES string of the molecule is C.C.C.C.COC(C)C(CCC(=O)NC(C)(C)CS(=O)(=O)OC)C(C)=O.COC(C)CC(C)=O.F. The lowest BCUT2D eigenvalue weighted by Crippen LogP contribution is -2.48. The predicted octanol–water partition coefficient (Wildman–Crippen LogP) is 4.58. The molecule has 3 unspecified atom stereocenters. The van der Waals surface area contributed by atoms with Crippen molar-refractivity contribution in [2.45, 2.75) is 108 Å². The highest BCUT2D eigenvalue weighted by atomic mass is 32.2. The Labute approximate surface area is 215 Å². The van der Waals surface area contributed by atoms with Crippen LogP contribution >= 0.6 is 0 Å². The molecule has 0 aliphatic rings. The molecule has 0 aliphatic heterocycles. The molecule has 0 rings (SSSR count). The van der Waals surface area contributed by atoms with Crippen molar-refractivity contribution in [3.8, 4) is 0 Å². The first-order chi connectivity index (χ1) is 13.6. The van der Waals surface area contributed by atoms with Crippen LogP contribution < -0.4 is 5.32 Å². The maximum absolute atomic E-state index is 12.0. The number of ether oxygens (including phenoxy) is 2. The Balaban J connectivity index is -0.000000105. The smallest absolute Gasteiger partial charge is 0.269 e. The molecule has 0 aliphatic carbocycles. The molecule has 0 spiro atoms. The van der Waals surface area contributed by atoms with Crippen molar-refractivity contribution in [3.63, 3.8) is 0 Å². The highest BCUT2D eigenvalue weighted by molar-refractivity contribution is 7.86. The Kier molecular flexibility index (Phi) is 35.0. The first-order valence-corrected chi connectivity index (χ1v) is 11.3. The van der Waals surface area contributed by atoms with E-state index in [-0.39, 0.29) is 82.2 Å². The third kappa shape index (κ3) is 27.0. The summed E-state index contributed by atoms with van der Waals surface area (Å²) in [6.07, 6.45) is 0.799. The average Bonchev–Trinajstić information content (AvgIpc) is 2.59. The minimum atomic E-state index is -3.67. The number of carbonyl (C=O) groups excluding carboxylic acids is 3. The second-order valence-corrected chi connectivity index (χ2v) is 9.69. The van der Waals surface area contributed by atoms with E-state index in [0.29, 0.717) is 12.8 Å². The van der Waals surface area contributed by atoms with Crippen molar-refractivity contribution in [3.05, 3.63) is 0 Å². The number of Topliss-reactive ketones (excluding diaryl/α,β-unsaturated/α-hetero) is 2. The molecule has 0 radical (unpaired) electrons. The maximum atomic E-state index is 12.0. The largest absolute Gasteiger partial charge is 0.381 e. The molecule has 0 aromatic heterocycles. The van der Waals surface area contributed by atoms with Gasteiger partial charge < -0.3 is 14.8 Å². The lowest BCUT2D eigenvalue weighted by molar-refractivity contribution is -0.126. The number of hydrogen-bond donors (Lipinski definition) is 1. The average molecular weight is 538 g/mol. The Hall–Kier alpha value is -1.43. The van der Waals surface area contributed by atoms with Crippen LogP contribution in [0.4, 0.5) is 4.70 Å². The van der Waals surface area contributed by atoms with Gasteiger partial charge in [-0.15, -0.1) is 0 Å². The summed E-state index contributed by atoms with van der Waals surface area (Å²) in [5, 5.41) is 2.65. The van der Waals surface area contributed by atoms with E-state index < -0.39 is 15.7 Å². The number of nitrogens with one attached hydrogen (secondary N) is 1. The van der Waals surface area contributed by atoms with E-state index in [4.69, 9.17) is 9.47 Å². The number of ketones is 2. The third-order valence-corrected chi connectivity index (χ3v) is 5.97. The van der Waals surface area contributed by atoms with Crippen molar-refractivity contribution in [2.24, 2.45) is 5.92 Å². The van der Waals surface area contributed by atoms with Crippen molar-refractivity contribution < 1.29 is 41.2 Å². The van der Waals surface area contributed by atoms with E-state index in [1.807, 2.05) is 6.92 Å². The zero-order valence-corrected chi connectivity index (χ0v) is 21.0. The summed E-state index contributed by atoms with van der Waals surface area (Å²) < 4.78 is 37.3. The van der Waals surface area contributed by atoms with Gasteiger partial charge in [0.15, 0.2) is 0 Å². The molecule has 0 aromatic rings. The Bertz CT molecular complexity index is 654. The number of methoxy groups -OCH3 is 2. The third-order valence-electron chi connectivity index (χ3n) is 4.39. The van der Waals surface area contributed by atoms with Crippen molar-refractivity contribution in [2.75, 3.05) is 27.1 Å². The summed E-state index contributed by atoms with van der Waals surface area (Å²) in [7, 11) is 0.525. The molecule has 35 heavy (non-hydrogen) atoms. The van der Waals surface area contributed by atoms with Gasteiger partial charge in [0.2, 0.25) is 5.91 Å². The summed E-state index contributed by atoms with van der Waals surface area (Å²) >= 11 is 0. The van der Waals surface area contributed by atoms with Crippen LogP contribution in [0.2, 0.25) is 0 Å². The fourth-order valence-electron chi connectivity index (χ4n) is 2.68. The minimum Gasteiger partial charge on any atom is -0.381 e. The first-order valence-electron chi connectivity index (χ1n) is 9.75. The van der Waals surface area contributed by atoms with Gasteiger partial charge in [-0.2, -0.15) is 8.42 Å². The molecule has 0 bridgehead atoms. The van der Waals surface area contributed by atoms with Crippen molar-refractivity contribution in [1.29, 1.82) is 0 Å². The topological polar surface area (TPSA) is 125 Å². The van der Waals surface area contributed by atoms with E-state index in [1.165, 1.54) is 14.0 Å². The monoisotopic (exact) mass is 537 g/mol. The molecular formula is C24H56FNO8S. The van der Waals surface area contributed by atoms with Crippen molar-refractivity contribution in [1.82, 2.24) is 5.32 Å². The van der Waals surface area contributed by atoms with Crippen LogP contribution in [-0.2, 0) is 38.2 Å².